The van der Waals surface area contributed by atoms with Gasteiger partial charge in [0.25, 0.3) is 5.91 Å². The van der Waals surface area contributed by atoms with Gasteiger partial charge < -0.3 is 10.4 Å². The number of hydrogen-bond donors (Lipinski definition) is 2. The van der Waals surface area contributed by atoms with Crippen molar-refractivity contribution >= 4 is 28.6 Å². The molecule has 2 aromatic heterocycles. The molecule has 0 spiro atoms. The van der Waals surface area contributed by atoms with Crippen molar-refractivity contribution in [3.63, 3.8) is 0 Å². The molecule has 1 amide bonds. The summed E-state index contributed by atoms with van der Waals surface area (Å²) in [6, 6.07) is 3.70. The van der Waals surface area contributed by atoms with E-state index in [0.29, 0.717) is 4.88 Å². The van der Waals surface area contributed by atoms with Gasteiger partial charge in [-0.05, 0) is 25.3 Å². The number of nitrogens with one attached hydrogen (secondary N) is 1. The fourth-order valence-corrected chi connectivity index (χ4v) is 3.21. The molecule has 0 fully saturated rings. The summed E-state index contributed by atoms with van der Waals surface area (Å²) in [6.45, 7) is 3.52. The topological polar surface area (TPSA) is 62.2 Å². The van der Waals surface area contributed by atoms with Gasteiger partial charge in [0, 0.05) is 6.04 Å². The molecule has 0 radical (unpaired) electrons. The third-order valence-electron chi connectivity index (χ3n) is 2.39. The first kappa shape index (κ1) is 13.2. The maximum absolute atomic E-state index is 12.0. The van der Waals surface area contributed by atoms with E-state index in [1.807, 2.05) is 24.4 Å². The van der Waals surface area contributed by atoms with Crippen molar-refractivity contribution in [2.75, 3.05) is 6.61 Å². The lowest BCUT2D eigenvalue weighted by Crippen LogP contribution is -2.34. The summed E-state index contributed by atoms with van der Waals surface area (Å²) in [6.07, 6.45) is 0. The van der Waals surface area contributed by atoms with E-state index in [9.17, 15) is 4.79 Å². The second kappa shape index (κ2) is 5.60. The van der Waals surface area contributed by atoms with E-state index in [1.165, 1.54) is 11.3 Å². The Morgan fingerprint density at radius 2 is 2.39 bits per heavy atom. The number of thiophene rings is 1. The van der Waals surface area contributed by atoms with Crippen LogP contribution in [0.1, 0.15) is 22.3 Å². The van der Waals surface area contributed by atoms with Gasteiger partial charge in [-0.2, -0.15) is 0 Å². The number of carbonyl (C=O) groups excluding carboxylic acids is 1. The highest BCUT2D eigenvalue weighted by molar-refractivity contribution is 7.22. The third-order valence-corrected chi connectivity index (χ3v) is 4.58. The summed E-state index contributed by atoms with van der Waals surface area (Å²) in [4.78, 5) is 18.1. The second-order valence-electron chi connectivity index (χ2n) is 3.97. The standard InChI is InChI=1S/C12H14N2O2S2/c1-7(6-15)13-11(16)10-8(2)14-12(18-10)9-4-3-5-17-9/h3-5,7,15H,6H2,1-2H3,(H,13,16)/t7-/m0/s1. The lowest BCUT2D eigenvalue weighted by Gasteiger charge is -2.09. The molecule has 0 aromatic carbocycles. The molecule has 2 N–H and O–H groups in total. The summed E-state index contributed by atoms with van der Waals surface area (Å²) in [7, 11) is 0. The van der Waals surface area contributed by atoms with Crippen LogP contribution in [0, 0.1) is 6.92 Å². The Bertz CT molecular complexity index is 534. The van der Waals surface area contributed by atoms with Crippen LogP contribution in [0.2, 0.25) is 0 Å². The molecule has 2 heterocycles. The molecule has 2 rings (SSSR count). The van der Waals surface area contributed by atoms with Gasteiger partial charge in [0.1, 0.15) is 9.88 Å². The number of hydrogen-bond acceptors (Lipinski definition) is 5. The van der Waals surface area contributed by atoms with E-state index >= 15 is 0 Å². The number of amides is 1. The monoisotopic (exact) mass is 282 g/mol. The predicted octanol–water partition coefficient (Wildman–Crippen LogP) is 2.29. The van der Waals surface area contributed by atoms with Crippen molar-refractivity contribution in [3.8, 4) is 9.88 Å². The summed E-state index contributed by atoms with van der Waals surface area (Å²) >= 11 is 2.99. The van der Waals surface area contributed by atoms with E-state index in [0.717, 1.165) is 15.6 Å². The van der Waals surface area contributed by atoms with Crippen molar-refractivity contribution in [3.05, 3.63) is 28.1 Å². The van der Waals surface area contributed by atoms with Crippen LogP contribution in [0.25, 0.3) is 9.88 Å². The van der Waals surface area contributed by atoms with Gasteiger partial charge in [-0.3, -0.25) is 4.79 Å². The van der Waals surface area contributed by atoms with Crippen molar-refractivity contribution in [2.24, 2.45) is 0 Å². The fraction of sp³-hybridized carbons (Fsp3) is 0.333. The highest BCUT2D eigenvalue weighted by atomic mass is 32.1. The third kappa shape index (κ3) is 2.77. The number of nitrogens with zero attached hydrogens (tertiary/aromatic N) is 1. The van der Waals surface area contributed by atoms with E-state index < -0.39 is 0 Å². The number of rotatable bonds is 4. The first-order valence-corrected chi connectivity index (χ1v) is 7.24. The Hall–Kier alpha value is -1.24. The lowest BCUT2D eigenvalue weighted by atomic mass is 10.3. The molecule has 0 aliphatic rings. The maximum atomic E-state index is 12.0. The van der Waals surface area contributed by atoms with Gasteiger partial charge in [0.15, 0.2) is 0 Å². The van der Waals surface area contributed by atoms with Crippen LogP contribution in [0.4, 0.5) is 0 Å². The first-order chi connectivity index (χ1) is 8.61. The highest BCUT2D eigenvalue weighted by Crippen LogP contribution is 2.30. The molecule has 0 aliphatic carbocycles. The summed E-state index contributed by atoms with van der Waals surface area (Å²) < 4.78 is 0. The van der Waals surface area contributed by atoms with E-state index in [1.54, 1.807) is 18.3 Å². The smallest absolute Gasteiger partial charge is 0.263 e. The Labute approximate surface area is 113 Å². The molecule has 96 valence electrons. The molecule has 6 heteroatoms. The van der Waals surface area contributed by atoms with Gasteiger partial charge in [-0.15, -0.1) is 22.7 Å². The maximum Gasteiger partial charge on any atom is 0.263 e. The first-order valence-electron chi connectivity index (χ1n) is 5.55. The minimum atomic E-state index is -0.246. The number of aliphatic hydroxyl groups excluding tert-OH is 1. The average molecular weight is 282 g/mol. The van der Waals surface area contributed by atoms with Crippen LogP contribution in [0.15, 0.2) is 17.5 Å². The van der Waals surface area contributed by atoms with Gasteiger partial charge in [0.2, 0.25) is 0 Å². The minimum absolute atomic E-state index is 0.0681. The molecule has 0 unspecified atom stereocenters. The van der Waals surface area contributed by atoms with Crippen LogP contribution in [0.5, 0.6) is 0 Å². The zero-order chi connectivity index (χ0) is 13.1. The number of aliphatic hydroxyl groups is 1. The van der Waals surface area contributed by atoms with Crippen LogP contribution in [-0.4, -0.2) is 28.6 Å². The molecule has 0 saturated heterocycles. The Morgan fingerprint density at radius 3 is 3.00 bits per heavy atom. The zero-order valence-corrected chi connectivity index (χ0v) is 11.8. The molecular weight excluding hydrogens is 268 g/mol. The molecule has 4 nitrogen and oxygen atoms in total. The molecule has 0 saturated carbocycles. The van der Waals surface area contributed by atoms with Crippen molar-refractivity contribution in [2.45, 2.75) is 19.9 Å². The zero-order valence-electron chi connectivity index (χ0n) is 10.1. The average Bonchev–Trinajstić information content (AvgIpc) is 2.97. The normalized spacial score (nSPS) is 12.4. The number of aromatic nitrogens is 1. The SMILES string of the molecule is Cc1nc(-c2cccs2)sc1C(=O)N[C@@H](C)CO. The fourth-order valence-electron chi connectivity index (χ4n) is 1.45. The van der Waals surface area contributed by atoms with Crippen molar-refractivity contribution in [1.82, 2.24) is 10.3 Å². The van der Waals surface area contributed by atoms with Crippen LogP contribution < -0.4 is 5.32 Å². The summed E-state index contributed by atoms with van der Waals surface area (Å²) in [5, 5.41) is 14.5. The molecule has 0 bridgehead atoms. The Kier molecular flexibility index (Phi) is 4.11. The largest absolute Gasteiger partial charge is 0.394 e. The number of thiazole rings is 1. The molecule has 2 aromatic rings. The van der Waals surface area contributed by atoms with Gasteiger partial charge in [-0.25, -0.2) is 4.98 Å². The van der Waals surface area contributed by atoms with E-state index in [4.69, 9.17) is 5.11 Å². The predicted molar refractivity (Wildman–Crippen MR) is 74.2 cm³/mol. The van der Waals surface area contributed by atoms with E-state index in [2.05, 4.69) is 10.3 Å². The Balaban J connectivity index is 2.22. The second-order valence-corrected chi connectivity index (χ2v) is 5.91. The quantitative estimate of drug-likeness (QED) is 0.904. The Morgan fingerprint density at radius 1 is 1.61 bits per heavy atom. The molecule has 18 heavy (non-hydrogen) atoms. The molecule has 1 atom stereocenters. The number of carbonyl (C=O) groups is 1. The van der Waals surface area contributed by atoms with Crippen LogP contribution in [0.3, 0.4) is 0 Å². The lowest BCUT2D eigenvalue weighted by molar-refractivity contribution is 0.0925. The van der Waals surface area contributed by atoms with Crippen molar-refractivity contribution < 1.29 is 9.90 Å². The van der Waals surface area contributed by atoms with Gasteiger partial charge >= 0.3 is 0 Å². The van der Waals surface area contributed by atoms with E-state index in [-0.39, 0.29) is 18.6 Å². The summed E-state index contributed by atoms with van der Waals surface area (Å²) in [5.74, 6) is -0.172. The van der Waals surface area contributed by atoms with Crippen LogP contribution >= 0.6 is 22.7 Å². The van der Waals surface area contributed by atoms with Crippen LogP contribution in [-0.2, 0) is 0 Å². The van der Waals surface area contributed by atoms with Crippen molar-refractivity contribution in [1.29, 1.82) is 0 Å². The van der Waals surface area contributed by atoms with Gasteiger partial charge in [0.05, 0.1) is 17.2 Å². The summed E-state index contributed by atoms with van der Waals surface area (Å²) in [5.41, 5.74) is 0.728. The minimum Gasteiger partial charge on any atom is -0.394 e. The molecular formula is C12H14N2O2S2. The molecule has 0 aliphatic heterocycles. The van der Waals surface area contributed by atoms with Gasteiger partial charge in [-0.1, -0.05) is 6.07 Å². The number of aryl methyl sites for hydroxylation is 1. The highest BCUT2D eigenvalue weighted by Gasteiger charge is 2.17.